The van der Waals surface area contributed by atoms with Crippen molar-refractivity contribution in [3.63, 3.8) is 0 Å². The van der Waals surface area contributed by atoms with Gasteiger partial charge in [-0.05, 0) is 12.8 Å². The number of nitrogens with zero attached hydrogens (tertiary/aromatic N) is 3. The molecule has 19 heavy (non-hydrogen) atoms. The maximum Gasteiger partial charge on any atom is 0.216 e. The Morgan fingerprint density at radius 1 is 1.47 bits per heavy atom. The second kappa shape index (κ2) is 7.66. The van der Waals surface area contributed by atoms with Gasteiger partial charge in [0.2, 0.25) is 5.88 Å². The summed E-state index contributed by atoms with van der Waals surface area (Å²) in [5, 5.41) is 7.51. The van der Waals surface area contributed by atoms with Crippen molar-refractivity contribution < 1.29 is 4.74 Å². The summed E-state index contributed by atoms with van der Waals surface area (Å²) in [6.45, 7) is 5.56. The first-order valence-electron chi connectivity index (χ1n) is 6.76. The Kier molecular flexibility index (Phi) is 6.18. The molecule has 0 radical (unpaired) electrons. The van der Waals surface area contributed by atoms with E-state index in [2.05, 4.69) is 29.3 Å². The van der Waals surface area contributed by atoms with Crippen LogP contribution in [0.1, 0.15) is 37.9 Å². The van der Waals surface area contributed by atoms with Gasteiger partial charge < -0.3 is 15.8 Å². The molecule has 0 saturated carbocycles. The van der Waals surface area contributed by atoms with Crippen LogP contribution in [0.15, 0.2) is 4.99 Å². The fourth-order valence-electron chi connectivity index (χ4n) is 1.92. The maximum absolute atomic E-state index is 5.82. The number of unbranched alkanes of at least 4 members (excludes halogenated alkanes) is 1. The molecule has 0 aliphatic heterocycles. The number of nitrogens with one attached hydrogen (secondary N) is 1. The van der Waals surface area contributed by atoms with Gasteiger partial charge >= 0.3 is 0 Å². The highest BCUT2D eigenvalue weighted by molar-refractivity contribution is 5.77. The molecule has 3 N–H and O–H groups in total. The number of aromatic nitrogens is 2. The Morgan fingerprint density at radius 2 is 2.21 bits per heavy atom. The van der Waals surface area contributed by atoms with Crippen LogP contribution >= 0.6 is 0 Å². The van der Waals surface area contributed by atoms with Crippen molar-refractivity contribution in [3.05, 3.63) is 11.3 Å². The third-order valence-electron chi connectivity index (χ3n) is 2.94. The molecule has 0 saturated heterocycles. The first-order valence-corrected chi connectivity index (χ1v) is 6.76. The second-order valence-electron chi connectivity index (χ2n) is 4.39. The van der Waals surface area contributed by atoms with Gasteiger partial charge in [0.1, 0.15) is 0 Å². The van der Waals surface area contributed by atoms with Crippen LogP contribution in [0.2, 0.25) is 0 Å². The molecule has 6 nitrogen and oxygen atoms in total. The van der Waals surface area contributed by atoms with Crippen LogP contribution in [-0.2, 0) is 20.0 Å². The predicted octanol–water partition coefficient (Wildman–Crippen LogP) is 1.20. The number of hydrogen-bond acceptors (Lipinski definition) is 3. The number of hydrogen-bond donors (Lipinski definition) is 2. The van der Waals surface area contributed by atoms with Crippen LogP contribution in [0.5, 0.6) is 5.88 Å². The van der Waals surface area contributed by atoms with E-state index in [1.54, 1.807) is 11.8 Å². The minimum atomic E-state index is 0.474. The van der Waals surface area contributed by atoms with E-state index in [1.807, 2.05) is 7.05 Å². The van der Waals surface area contributed by atoms with E-state index in [0.29, 0.717) is 12.5 Å². The molecule has 0 aliphatic rings. The van der Waals surface area contributed by atoms with Crippen LogP contribution in [0.4, 0.5) is 0 Å². The van der Waals surface area contributed by atoms with Crippen molar-refractivity contribution in [2.24, 2.45) is 17.8 Å². The molecular weight excluding hydrogens is 242 g/mol. The fourth-order valence-corrected chi connectivity index (χ4v) is 1.92. The summed E-state index contributed by atoms with van der Waals surface area (Å²) in [5.74, 6) is 1.23. The zero-order valence-electron chi connectivity index (χ0n) is 12.4. The molecule has 0 bridgehead atoms. The third-order valence-corrected chi connectivity index (χ3v) is 2.94. The normalized spacial score (nSPS) is 11.7. The number of ether oxygens (including phenoxy) is 1. The van der Waals surface area contributed by atoms with Gasteiger partial charge in [0.25, 0.3) is 0 Å². The van der Waals surface area contributed by atoms with Crippen LogP contribution in [0, 0.1) is 0 Å². The van der Waals surface area contributed by atoms with Crippen LogP contribution in [0.3, 0.4) is 0 Å². The molecule has 0 aromatic carbocycles. The first kappa shape index (κ1) is 15.3. The smallest absolute Gasteiger partial charge is 0.216 e. The highest BCUT2D eigenvalue weighted by Crippen LogP contribution is 2.22. The fraction of sp³-hybridized carbons (Fsp3) is 0.692. The predicted molar refractivity (Wildman–Crippen MR) is 77.4 cm³/mol. The van der Waals surface area contributed by atoms with E-state index in [4.69, 9.17) is 10.5 Å². The number of methoxy groups -OCH3 is 1. The average Bonchev–Trinajstić information content (AvgIpc) is 2.72. The molecule has 0 atom stereocenters. The summed E-state index contributed by atoms with van der Waals surface area (Å²) in [5.41, 5.74) is 7.83. The third kappa shape index (κ3) is 4.15. The summed E-state index contributed by atoms with van der Waals surface area (Å²) in [6.07, 6.45) is 3.08. The second-order valence-corrected chi connectivity index (χ2v) is 4.39. The molecule has 6 heteroatoms. The molecule has 0 unspecified atom stereocenters. The number of aliphatic imine (C=N–C) groups is 1. The standard InChI is InChI=1S/C13H25N5O/c1-5-7-8-15-13(14)16-9-10-11(6-2)17-18(3)12(10)19-4/h5-9H2,1-4H3,(H3,14,15,16). The Hall–Kier alpha value is -1.72. The number of aryl methyl sites for hydroxylation is 2. The lowest BCUT2D eigenvalue weighted by atomic mass is 10.2. The van der Waals surface area contributed by atoms with Crippen LogP contribution < -0.4 is 15.8 Å². The molecule has 0 aliphatic carbocycles. The summed E-state index contributed by atoms with van der Waals surface area (Å²) in [7, 11) is 3.51. The van der Waals surface area contributed by atoms with Gasteiger partial charge in [-0.2, -0.15) is 5.10 Å². The van der Waals surface area contributed by atoms with Crippen LogP contribution in [0.25, 0.3) is 0 Å². The molecule has 1 aromatic rings. The molecule has 1 aromatic heterocycles. The Bertz CT molecular complexity index is 425. The summed E-state index contributed by atoms with van der Waals surface area (Å²) < 4.78 is 7.10. The topological polar surface area (TPSA) is 77.5 Å². The molecular formula is C13H25N5O. The van der Waals surface area contributed by atoms with Crippen molar-refractivity contribution in [1.82, 2.24) is 15.1 Å². The quantitative estimate of drug-likeness (QED) is 0.442. The van der Waals surface area contributed by atoms with E-state index in [0.717, 1.165) is 42.9 Å². The van der Waals surface area contributed by atoms with E-state index in [1.165, 1.54) is 0 Å². The maximum atomic E-state index is 5.82. The van der Waals surface area contributed by atoms with Crippen molar-refractivity contribution in [1.29, 1.82) is 0 Å². The highest BCUT2D eigenvalue weighted by Gasteiger charge is 2.14. The monoisotopic (exact) mass is 267 g/mol. The van der Waals surface area contributed by atoms with Gasteiger partial charge in [0.15, 0.2) is 5.96 Å². The van der Waals surface area contributed by atoms with Crippen molar-refractivity contribution in [2.45, 2.75) is 39.7 Å². The zero-order chi connectivity index (χ0) is 14.3. The lowest BCUT2D eigenvalue weighted by molar-refractivity contribution is 0.369. The summed E-state index contributed by atoms with van der Waals surface area (Å²) >= 11 is 0. The summed E-state index contributed by atoms with van der Waals surface area (Å²) in [6, 6.07) is 0. The van der Waals surface area contributed by atoms with Gasteiger partial charge in [0.05, 0.1) is 24.9 Å². The van der Waals surface area contributed by atoms with Gasteiger partial charge in [0, 0.05) is 13.6 Å². The minimum Gasteiger partial charge on any atom is -0.481 e. The molecule has 1 heterocycles. The highest BCUT2D eigenvalue weighted by atomic mass is 16.5. The summed E-state index contributed by atoms with van der Waals surface area (Å²) in [4.78, 5) is 4.35. The van der Waals surface area contributed by atoms with Gasteiger partial charge in [-0.25, -0.2) is 9.67 Å². The number of nitrogens with two attached hydrogens (primary N) is 1. The lowest BCUT2D eigenvalue weighted by Crippen LogP contribution is -2.32. The van der Waals surface area contributed by atoms with Gasteiger partial charge in [-0.15, -0.1) is 0 Å². The Balaban J connectivity index is 2.73. The molecule has 0 spiro atoms. The SMILES string of the molecule is CCCCNC(N)=NCc1c(CC)nn(C)c1OC. The lowest BCUT2D eigenvalue weighted by Gasteiger charge is -2.06. The molecule has 0 fully saturated rings. The van der Waals surface area contributed by atoms with Crippen LogP contribution in [-0.4, -0.2) is 29.4 Å². The van der Waals surface area contributed by atoms with E-state index < -0.39 is 0 Å². The van der Waals surface area contributed by atoms with Crippen molar-refractivity contribution >= 4 is 5.96 Å². The largest absolute Gasteiger partial charge is 0.481 e. The molecule has 1 rings (SSSR count). The van der Waals surface area contributed by atoms with Gasteiger partial charge in [-0.3, -0.25) is 0 Å². The average molecular weight is 267 g/mol. The molecule has 108 valence electrons. The molecule has 0 amide bonds. The van der Waals surface area contributed by atoms with Crippen molar-refractivity contribution in [2.75, 3.05) is 13.7 Å². The Morgan fingerprint density at radius 3 is 2.79 bits per heavy atom. The number of rotatable bonds is 7. The Labute approximate surface area is 115 Å². The van der Waals surface area contributed by atoms with Gasteiger partial charge in [-0.1, -0.05) is 20.3 Å². The minimum absolute atomic E-state index is 0.474. The van der Waals surface area contributed by atoms with E-state index >= 15 is 0 Å². The van der Waals surface area contributed by atoms with Crippen molar-refractivity contribution in [3.8, 4) is 5.88 Å². The van der Waals surface area contributed by atoms with E-state index in [-0.39, 0.29) is 0 Å². The zero-order valence-corrected chi connectivity index (χ0v) is 12.4. The number of guanidine groups is 1. The van der Waals surface area contributed by atoms with E-state index in [9.17, 15) is 0 Å². The first-order chi connectivity index (χ1) is 9.13.